The second-order valence-corrected chi connectivity index (χ2v) is 7.17. The van der Waals surface area contributed by atoms with E-state index in [2.05, 4.69) is 20.3 Å². The van der Waals surface area contributed by atoms with Gasteiger partial charge in [0, 0.05) is 57.6 Å². The van der Waals surface area contributed by atoms with Crippen LogP contribution in [0.1, 0.15) is 24.8 Å². The highest BCUT2D eigenvalue weighted by atomic mass is 16.5. The van der Waals surface area contributed by atoms with E-state index in [1.54, 1.807) is 10.9 Å². The fourth-order valence-corrected chi connectivity index (χ4v) is 3.68. The summed E-state index contributed by atoms with van der Waals surface area (Å²) in [5.41, 5.74) is 0.989. The summed E-state index contributed by atoms with van der Waals surface area (Å²) < 4.78 is 7.96. The minimum atomic E-state index is -0.0593. The Hall–Kier alpha value is -2.77. The summed E-state index contributed by atoms with van der Waals surface area (Å²) in [6, 6.07) is 3.82. The van der Waals surface area contributed by atoms with E-state index in [0.29, 0.717) is 19.6 Å². The highest BCUT2D eigenvalue weighted by molar-refractivity contribution is 5.74. The highest BCUT2D eigenvalue weighted by Crippen LogP contribution is 2.30. The number of anilines is 1. The van der Waals surface area contributed by atoms with Crippen molar-refractivity contribution in [2.24, 2.45) is 7.05 Å². The van der Waals surface area contributed by atoms with Crippen LogP contribution in [0.15, 0.2) is 30.7 Å². The first-order valence-corrected chi connectivity index (χ1v) is 9.56. The molecule has 4 heterocycles. The van der Waals surface area contributed by atoms with Crippen molar-refractivity contribution in [1.29, 1.82) is 0 Å². The summed E-state index contributed by atoms with van der Waals surface area (Å²) in [5.74, 6) is 1.75. The topological polar surface area (TPSA) is 75.5 Å². The maximum absolute atomic E-state index is 12.4. The summed E-state index contributed by atoms with van der Waals surface area (Å²) in [5, 5.41) is 7.07. The minimum Gasteiger partial charge on any atom is -0.485 e. The molecule has 1 atom stereocenters. The third-order valence-electron chi connectivity index (χ3n) is 5.08. The maximum atomic E-state index is 12.4. The van der Waals surface area contributed by atoms with E-state index in [4.69, 9.17) is 4.74 Å². The fourth-order valence-electron chi connectivity index (χ4n) is 3.68. The van der Waals surface area contributed by atoms with Crippen molar-refractivity contribution in [2.75, 3.05) is 31.1 Å². The molecule has 0 saturated carbocycles. The minimum absolute atomic E-state index is 0.000282. The Bertz CT molecular complexity index is 786. The molecule has 0 aliphatic carbocycles. The second-order valence-electron chi connectivity index (χ2n) is 7.17. The van der Waals surface area contributed by atoms with Crippen LogP contribution in [0.25, 0.3) is 0 Å². The number of hydrogen-bond acceptors (Lipinski definition) is 5. The molecule has 2 amide bonds. The first-order chi connectivity index (χ1) is 13.2. The molecule has 2 aromatic heterocycles. The number of likely N-dealkylation sites (tertiary alicyclic amines) is 1. The van der Waals surface area contributed by atoms with Gasteiger partial charge in [0.05, 0.1) is 12.7 Å². The van der Waals surface area contributed by atoms with E-state index in [-0.39, 0.29) is 12.1 Å². The van der Waals surface area contributed by atoms with Crippen molar-refractivity contribution in [2.45, 2.75) is 31.9 Å². The van der Waals surface area contributed by atoms with Crippen LogP contribution in [-0.4, -0.2) is 58.0 Å². The van der Waals surface area contributed by atoms with E-state index in [0.717, 1.165) is 36.6 Å². The van der Waals surface area contributed by atoms with Gasteiger partial charge in [-0.15, -0.1) is 0 Å². The smallest absolute Gasteiger partial charge is 0.317 e. The number of pyridine rings is 1. The molecule has 1 unspecified atom stereocenters. The molecule has 2 aliphatic rings. The highest BCUT2D eigenvalue weighted by Gasteiger charge is 2.29. The number of amides is 2. The molecular weight excluding hydrogens is 344 g/mol. The summed E-state index contributed by atoms with van der Waals surface area (Å²) in [7, 11) is 1.86. The Kier molecular flexibility index (Phi) is 5.13. The van der Waals surface area contributed by atoms with Crippen molar-refractivity contribution in [3.05, 3.63) is 36.3 Å². The number of carbonyl (C=O) groups is 1. The van der Waals surface area contributed by atoms with E-state index < -0.39 is 0 Å². The van der Waals surface area contributed by atoms with Crippen LogP contribution in [-0.2, 0) is 13.6 Å². The molecule has 2 fully saturated rings. The number of nitrogens with one attached hydrogen (secondary N) is 1. The molecule has 0 radical (unpaired) electrons. The predicted molar refractivity (Wildman–Crippen MR) is 102 cm³/mol. The molecule has 0 bridgehead atoms. The molecule has 4 rings (SSSR count). The van der Waals surface area contributed by atoms with Crippen molar-refractivity contribution in [3.63, 3.8) is 0 Å². The molecule has 0 aromatic carbocycles. The van der Waals surface area contributed by atoms with Gasteiger partial charge in [0.1, 0.15) is 6.10 Å². The van der Waals surface area contributed by atoms with Gasteiger partial charge in [-0.05, 0) is 25.0 Å². The van der Waals surface area contributed by atoms with Crippen LogP contribution in [0.3, 0.4) is 0 Å². The normalized spacial score (nSPS) is 19.5. The molecule has 2 saturated heterocycles. The lowest BCUT2D eigenvalue weighted by Gasteiger charge is -2.22. The van der Waals surface area contributed by atoms with Gasteiger partial charge in [0.15, 0.2) is 11.6 Å². The average molecular weight is 370 g/mol. The maximum Gasteiger partial charge on any atom is 0.317 e. The molecule has 8 heteroatoms. The molecule has 144 valence electrons. The zero-order valence-electron chi connectivity index (χ0n) is 15.7. The SMILES string of the molecule is Cn1cc(CNC(=O)N2CCC(Oc3cccnc3N3CCCC3)C2)cn1. The predicted octanol–water partition coefficient (Wildman–Crippen LogP) is 1.78. The fraction of sp³-hybridized carbons (Fsp3) is 0.526. The second kappa shape index (κ2) is 7.85. The van der Waals surface area contributed by atoms with Gasteiger partial charge in [-0.3, -0.25) is 4.68 Å². The first kappa shape index (κ1) is 17.6. The van der Waals surface area contributed by atoms with Crippen molar-refractivity contribution in [3.8, 4) is 5.75 Å². The Balaban J connectivity index is 1.31. The van der Waals surface area contributed by atoms with Gasteiger partial charge < -0.3 is 19.9 Å². The van der Waals surface area contributed by atoms with Gasteiger partial charge in [0.25, 0.3) is 0 Å². The summed E-state index contributed by atoms with van der Waals surface area (Å²) >= 11 is 0. The van der Waals surface area contributed by atoms with Crippen molar-refractivity contribution < 1.29 is 9.53 Å². The van der Waals surface area contributed by atoms with Gasteiger partial charge >= 0.3 is 6.03 Å². The number of ether oxygens (including phenoxy) is 1. The lowest BCUT2D eigenvalue weighted by atomic mass is 10.3. The van der Waals surface area contributed by atoms with E-state index in [9.17, 15) is 4.79 Å². The van der Waals surface area contributed by atoms with E-state index in [1.165, 1.54) is 12.8 Å². The lowest BCUT2D eigenvalue weighted by Crippen LogP contribution is -2.39. The standard InChI is InChI=1S/C19H26N6O2/c1-23-13-15(12-22-23)11-21-19(26)25-10-6-16(14-25)27-17-5-4-7-20-18(17)24-8-2-3-9-24/h4-5,7,12-13,16H,2-3,6,8-11,14H2,1H3,(H,21,26). The van der Waals surface area contributed by atoms with Crippen molar-refractivity contribution in [1.82, 2.24) is 25.0 Å². The van der Waals surface area contributed by atoms with Gasteiger partial charge in [-0.1, -0.05) is 0 Å². The zero-order valence-corrected chi connectivity index (χ0v) is 15.7. The lowest BCUT2D eigenvalue weighted by molar-refractivity contribution is 0.186. The van der Waals surface area contributed by atoms with Crippen molar-refractivity contribution >= 4 is 11.8 Å². The number of aromatic nitrogens is 3. The molecule has 1 N–H and O–H groups in total. The van der Waals surface area contributed by atoms with Crippen LogP contribution in [0.4, 0.5) is 10.6 Å². The average Bonchev–Trinajstić information content (AvgIpc) is 3.42. The molecule has 2 aromatic rings. The van der Waals surface area contributed by atoms with Crippen LogP contribution >= 0.6 is 0 Å². The molecular formula is C19H26N6O2. The quantitative estimate of drug-likeness (QED) is 0.868. The molecule has 27 heavy (non-hydrogen) atoms. The molecule has 2 aliphatic heterocycles. The first-order valence-electron chi connectivity index (χ1n) is 9.56. The Morgan fingerprint density at radius 2 is 2.19 bits per heavy atom. The molecule has 0 spiro atoms. The monoisotopic (exact) mass is 370 g/mol. The third-order valence-corrected chi connectivity index (χ3v) is 5.08. The summed E-state index contributed by atoms with van der Waals surface area (Å²) in [6.45, 7) is 3.83. The zero-order chi connectivity index (χ0) is 18.6. The van der Waals surface area contributed by atoms with E-state index >= 15 is 0 Å². The number of nitrogens with zero attached hydrogens (tertiary/aromatic N) is 5. The van der Waals surface area contributed by atoms with E-state index in [1.807, 2.05) is 36.5 Å². The van der Waals surface area contributed by atoms with Crippen LogP contribution < -0.4 is 15.0 Å². The van der Waals surface area contributed by atoms with Crippen LogP contribution in [0.5, 0.6) is 5.75 Å². The number of urea groups is 1. The Morgan fingerprint density at radius 3 is 2.96 bits per heavy atom. The molecule has 8 nitrogen and oxygen atoms in total. The number of aryl methyl sites for hydroxylation is 1. The number of hydrogen-bond donors (Lipinski definition) is 1. The van der Waals surface area contributed by atoms with Gasteiger partial charge in [-0.2, -0.15) is 5.10 Å². The summed E-state index contributed by atoms with van der Waals surface area (Å²) in [6.07, 6.45) is 8.70. The summed E-state index contributed by atoms with van der Waals surface area (Å²) in [4.78, 5) is 21.0. The third kappa shape index (κ3) is 4.15. The largest absolute Gasteiger partial charge is 0.485 e. The number of rotatable bonds is 5. The van der Waals surface area contributed by atoms with Crippen LogP contribution in [0.2, 0.25) is 0 Å². The Labute approximate surface area is 159 Å². The van der Waals surface area contributed by atoms with Gasteiger partial charge in [-0.25, -0.2) is 9.78 Å². The van der Waals surface area contributed by atoms with Crippen LogP contribution in [0, 0.1) is 0 Å². The Morgan fingerprint density at radius 1 is 1.33 bits per heavy atom. The van der Waals surface area contributed by atoms with Gasteiger partial charge in [0.2, 0.25) is 0 Å². The number of carbonyl (C=O) groups excluding carboxylic acids is 1.